The normalized spacial score (nSPS) is 11.1. The SMILES string of the molecule is CCNCNC(=O)c1cc(C(F)(F)F)nn1-c1cccc(C#N)c1. The van der Waals surface area contributed by atoms with Gasteiger partial charge in [-0.05, 0) is 24.7 Å². The number of hydrogen-bond acceptors (Lipinski definition) is 4. The van der Waals surface area contributed by atoms with E-state index in [9.17, 15) is 18.0 Å². The third-order valence-corrected chi connectivity index (χ3v) is 3.08. The molecule has 0 saturated carbocycles. The second-order valence-corrected chi connectivity index (χ2v) is 4.77. The lowest BCUT2D eigenvalue weighted by Gasteiger charge is -2.08. The van der Waals surface area contributed by atoms with E-state index in [1.54, 1.807) is 0 Å². The first-order chi connectivity index (χ1) is 11.4. The Morgan fingerprint density at radius 3 is 2.75 bits per heavy atom. The van der Waals surface area contributed by atoms with Crippen LogP contribution in [-0.4, -0.2) is 28.9 Å². The van der Waals surface area contributed by atoms with Crippen molar-refractivity contribution < 1.29 is 18.0 Å². The largest absolute Gasteiger partial charge is 0.435 e. The Hall–Kier alpha value is -2.86. The highest BCUT2D eigenvalue weighted by molar-refractivity contribution is 5.93. The molecular formula is C15H14F3N5O. The fourth-order valence-corrected chi connectivity index (χ4v) is 1.94. The second-order valence-electron chi connectivity index (χ2n) is 4.77. The van der Waals surface area contributed by atoms with Gasteiger partial charge in [0.2, 0.25) is 0 Å². The van der Waals surface area contributed by atoms with Crippen molar-refractivity contribution in [3.05, 3.63) is 47.3 Å². The maximum atomic E-state index is 12.9. The Kier molecular flexibility index (Phi) is 5.21. The number of amides is 1. The van der Waals surface area contributed by atoms with Crippen molar-refractivity contribution in [3.8, 4) is 11.8 Å². The molecule has 9 heteroatoms. The van der Waals surface area contributed by atoms with Gasteiger partial charge in [0.1, 0.15) is 5.69 Å². The van der Waals surface area contributed by atoms with Crippen LogP contribution in [0.1, 0.15) is 28.7 Å². The van der Waals surface area contributed by atoms with Gasteiger partial charge in [-0.1, -0.05) is 13.0 Å². The number of nitrogens with one attached hydrogen (secondary N) is 2. The zero-order valence-electron chi connectivity index (χ0n) is 12.7. The molecule has 0 aliphatic carbocycles. The maximum Gasteiger partial charge on any atom is 0.435 e. The number of nitriles is 1. The van der Waals surface area contributed by atoms with Gasteiger partial charge in [0.25, 0.3) is 5.91 Å². The van der Waals surface area contributed by atoms with Crippen LogP contribution in [0.2, 0.25) is 0 Å². The van der Waals surface area contributed by atoms with E-state index in [-0.39, 0.29) is 23.6 Å². The minimum atomic E-state index is -4.69. The number of benzene rings is 1. The number of nitrogens with zero attached hydrogens (tertiary/aromatic N) is 3. The van der Waals surface area contributed by atoms with Crippen molar-refractivity contribution >= 4 is 5.91 Å². The first-order valence-electron chi connectivity index (χ1n) is 7.03. The minimum Gasteiger partial charge on any atom is -0.338 e. The van der Waals surface area contributed by atoms with E-state index in [0.29, 0.717) is 12.6 Å². The average Bonchev–Trinajstić information content (AvgIpc) is 3.00. The zero-order chi connectivity index (χ0) is 17.7. The van der Waals surface area contributed by atoms with Gasteiger partial charge in [-0.3, -0.25) is 4.79 Å². The molecule has 0 aliphatic heterocycles. The third-order valence-electron chi connectivity index (χ3n) is 3.08. The number of halogens is 3. The van der Waals surface area contributed by atoms with Crippen LogP contribution in [-0.2, 0) is 6.18 Å². The summed E-state index contributed by atoms with van der Waals surface area (Å²) in [5.41, 5.74) is -1.01. The molecule has 1 amide bonds. The summed E-state index contributed by atoms with van der Waals surface area (Å²) in [6, 6.07) is 8.40. The Bertz CT molecular complexity index is 776. The molecule has 0 unspecified atom stereocenters. The second kappa shape index (κ2) is 7.14. The smallest absolute Gasteiger partial charge is 0.338 e. The van der Waals surface area contributed by atoms with E-state index in [4.69, 9.17) is 5.26 Å². The van der Waals surface area contributed by atoms with Gasteiger partial charge < -0.3 is 10.6 Å². The fraction of sp³-hybridized carbons (Fsp3) is 0.267. The van der Waals surface area contributed by atoms with Crippen molar-refractivity contribution in [2.45, 2.75) is 13.1 Å². The molecule has 0 fully saturated rings. The van der Waals surface area contributed by atoms with Gasteiger partial charge >= 0.3 is 6.18 Å². The van der Waals surface area contributed by atoms with Crippen molar-refractivity contribution in [3.63, 3.8) is 0 Å². The Morgan fingerprint density at radius 2 is 2.12 bits per heavy atom. The predicted molar refractivity (Wildman–Crippen MR) is 79.3 cm³/mol. The van der Waals surface area contributed by atoms with Crippen LogP contribution in [0, 0.1) is 11.3 Å². The Labute approximate surface area is 135 Å². The summed E-state index contributed by atoms with van der Waals surface area (Å²) in [6.45, 7) is 2.53. The van der Waals surface area contributed by atoms with Crippen LogP contribution in [0.25, 0.3) is 5.69 Å². The summed E-state index contributed by atoms with van der Waals surface area (Å²) in [6.07, 6.45) is -4.69. The van der Waals surface area contributed by atoms with Crippen LogP contribution in [0.3, 0.4) is 0 Å². The number of aromatic nitrogens is 2. The molecule has 2 aromatic rings. The van der Waals surface area contributed by atoms with Gasteiger partial charge in [0.15, 0.2) is 5.69 Å². The maximum absolute atomic E-state index is 12.9. The molecule has 0 atom stereocenters. The molecule has 1 heterocycles. The molecule has 0 bridgehead atoms. The topological polar surface area (TPSA) is 82.7 Å². The molecule has 1 aromatic heterocycles. The van der Waals surface area contributed by atoms with E-state index in [1.165, 1.54) is 24.3 Å². The number of hydrogen-bond donors (Lipinski definition) is 2. The molecule has 6 nitrogen and oxygen atoms in total. The first kappa shape index (κ1) is 17.5. The molecule has 126 valence electrons. The van der Waals surface area contributed by atoms with E-state index in [1.807, 2.05) is 13.0 Å². The highest BCUT2D eigenvalue weighted by Crippen LogP contribution is 2.29. The summed E-state index contributed by atoms with van der Waals surface area (Å²) >= 11 is 0. The first-order valence-corrected chi connectivity index (χ1v) is 7.03. The fourth-order valence-electron chi connectivity index (χ4n) is 1.94. The minimum absolute atomic E-state index is 0.111. The number of carbonyl (C=O) groups is 1. The highest BCUT2D eigenvalue weighted by Gasteiger charge is 2.36. The monoisotopic (exact) mass is 337 g/mol. The molecule has 1 aromatic carbocycles. The molecule has 24 heavy (non-hydrogen) atoms. The Balaban J connectivity index is 2.46. The number of rotatable bonds is 5. The summed E-state index contributed by atoms with van der Waals surface area (Å²) in [5.74, 6) is -0.707. The molecule has 0 saturated heterocycles. The molecular weight excluding hydrogens is 323 g/mol. The molecule has 2 rings (SSSR count). The summed E-state index contributed by atoms with van der Waals surface area (Å²) in [4.78, 5) is 12.2. The lowest BCUT2D eigenvalue weighted by atomic mass is 10.2. The number of carbonyl (C=O) groups excluding carboxylic acids is 1. The lowest BCUT2D eigenvalue weighted by Crippen LogP contribution is -2.34. The average molecular weight is 337 g/mol. The van der Waals surface area contributed by atoms with Gasteiger partial charge in [0, 0.05) is 6.07 Å². The van der Waals surface area contributed by atoms with E-state index in [0.717, 1.165) is 4.68 Å². The van der Waals surface area contributed by atoms with Crippen molar-refractivity contribution in [2.75, 3.05) is 13.2 Å². The van der Waals surface area contributed by atoms with Gasteiger partial charge in [-0.25, -0.2) is 4.68 Å². The third kappa shape index (κ3) is 3.91. The van der Waals surface area contributed by atoms with Crippen LogP contribution < -0.4 is 10.6 Å². The molecule has 0 aliphatic rings. The van der Waals surface area contributed by atoms with Crippen molar-refractivity contribution in [1.29, 1.82) is 5.26 Å². The van der Waals surface area contributed by atoms with Crippen molar-refractivity contribution in [1.82, 2.24) is 20.4 Å². The van der Waals surface area contributed by atoms with E-state index < -0.39 is 17.8 Å². The van der Waals surface area contributed by atoms with Crippen molar-refractivity contribution in [2.24, 2.45) is 0 Å². The van der Waals surface area contributed by atoms with Crippen LogP contribution in [0.15, 0.2) is 30.3 Å². The number of alkyl halides is 3. The lowest BCUT2D eigenvalue weighted by molar-refractivity contribution is -0.141. The molecule has 2 N–H and O–H groups in total. The van der Waals surface area contributed by atoms with Crippen LogP contribution in [0.5, 0.6) is 0 Å². The predicted octanol–water partition coefficient (Wildman–Crippen LogP) is 2.06. The summed E-state index contributed by atoms with van der Waals surface area (Å²) in [5, 5.41) is 17.7. The standard InChI is InChI=1S/C15H14F3N5O/c1-2-20-9-21-14(24)12-7-13(15(16,17)18)22-23(12)11-5-3-4-10(6-11)8-19/h3-7,20H,2,9H2,1H3,(H,21,24). The van der Waals surface area contributed by atoms with E-state index in [2.05, 4.69) is 15.7 Å². The quantitative estimate of drug-likeness (QED) is 0.646. The zero-order valence-corrected chi connectivity index (χ0v) is 12.7. The van der Waals surface area contributed by atoms with Gasteiger partial charge in [-0.15, -0.1) is 0 Å². The van der Waals surface area contributed by atoms with E-state index >= 15 is 0 Å². The summed E-state index contributed by atoms with van der Waals surface area (Å²) in [7, 11) is 0. The van der Waals surface area contributed by atoms with Crippen LogP contribution >= 0.6 is 0 Å². The van der Waals surface area contributed by atoms with Gasteiger partial charge in [0.05, 0.1) is 24.0 Å². The van der Waals surface area contributed by atoms with Gasteiger partial charge in [-0.2, -0.15) is 23.5 Å². The Morgan fingerprint density at radius 1 is 1.38 bits per heavy atom. The highest BCUT2D eigenvalue weighted by atomic mass is 19.4. The van der Waals surface area contributed by atoms with Crippen LogP contribution in [0.4, 0.5) is 13.2 Å². The molecule has 0 radical (unpaired) electrons. The summed E-state index contributed by atoms with van der Waals surface area (Å²) < 4.78 is 39.7. The molecule has 0 spiro atoms.